The van der Waals surface area contributed by atoms with Crippen LogP contribution in [0.1, 0.15) is 39.0 Å². The molecule has 0 radical (unpaired) electrons. The molecule has 2 aliphatic rings. The number of nitrogens with zero attached hydrogens (tertiary/aromatic N) is 1. The molecule has 5 nitrogen and oxygen atoms in total. The summed E-state index contributed by atoms with van der Waals surface area (Å²) in [6.07, 6.45) is 3.81. The van der Waals surface area contributed by atoms with Crippen LogP contribution < -0.4 is 0 Å². The highest BCUT2D eigenvalue weighted by atomic mass is 16.5. The number of ether oxygens (including phenoxy) is 1. The van der Waals surface area contributed by atoms with Gasteiger partial charge in [0.25, 0.3) is 0 Å². The normalized spacial score (nSPS) is 29.5. The molecule has 5 heteroatoms. The lowest BCUT2D eigenvalue weighted by atomic mass is 9.81. The summed E-state index contributed by atoms with van der Waals surface area (Å²) in [6, 6.07) is 0. The fourth-order valence-corrected chi connectivity index (χ4v) is 3.46. The van der Waals surface area contributed by atoms with Crippen LogP contribution in [0, 0.1) is 11.3 Å². The number of amides is 1. The first-order chi connectivity index (χ1) is 9.10. The van der Waals surface area contributed by atoms with Crippen LogP contribution in [0.2, 0.25) is 0 Å². The molecule has 108 valence electrons. The van der Waals surface area contributed by atoms with E-state index < -0.39 is 11.4 Å². The zero-order valence-electron chi connectivity index (χ0n) is 11.6. The van der Waals surface area contributed by atoms with Crippen LogP contribution in [-0.2, 0) is 14.3 Å². The van der Waals surface area contributed by atoms with Gasteiger partial charge in [0, 0.05) is 32.7 Å². The number of aliphatic carboxylic acids is 1. The lowest BCUT2D eigenvalue weighted by Crippen LogP contribution is -2.37. The Morgan fingerprint density at radius 1 is 1.47 bits per heavy atom. The zero-order valence-corrected chi connectivity index (χ0v) is 11.6. The largest absolute Gasteiger partial charge is 0.481 e. The number of carbonyl (C=O) groups excluding carboxylic acids is 1. The molecule has 2 rings (SSSR count). The molecule has 0 aromatic rings. The molecule has 0 aromatic heterocycles. The Hall–Kier alpha value is -1.10. The van der Waals surface area contributed by atoms with Crippen molar-refractivity contribution < 1.29 is 19.4 Å². The fraction of sp³-hybridized carbons (Fsp3) is 0.857. The monoisotopic (exact) mass is 269 g/mol. The van der Waals surface area contributed by atoms with Crippen molar-refractivity contribution in [3.05, 3.63) is 0 Å². The van der Waals surface area contributed by atoms with E-state index in [-0.39, 0.29) is 11.8 Å². The van der Waals surface area contributed by atoms with Gasteiger partial charge in [0.15, 0.2) is 0 Å². The number of carboxylic acid groups (broad SMARTS) is 1. The summed E-state index contributed by atoms with van der Waals surface area (Å²) in [5.74, 6) is -0.491. The average Bonchev–Trinajstić information content (AvgIpc) is 2.91. The second-order valence-corrected chi connectivity index (χ2v) is 5.63. The Balaban J connectivity index is 1.87. The number of fused-ring (bicyclic) bond motifs is 1. The molecule has 0 unspecified atom stereocenters. The molecule has 1 aliphatic heterocycles. The SMILES string of the molecule is CCOCCCC(=O)N1C[C@@H]2CCC[C@@]2(C(=O)O)C1. The summed E-state index contributed by atoms with van der Waals surface area (Å²) in [5, 5.41) is 9.46. The lowest BCUT2D eigenvalue weighted by molar-refractivity contribution is -0.149. The number of carboxylic acids is 1. The summed E-state index contributed by atoms with van der Waals surface area (Å²) in [7, 11) is 0. The van der Waals surface area contributed by atoms with Crippen molar-refractivity contribution in [2.24, 2.45) is 11.3 Å². The first kappa shape index (κ1) is 14.3. The molecule has 1 aliphatic carbocycles. The highest BCUT2D eigenvalue weighted by Crippen LogP contribution is 2.48. The molecule has 19 heavy (non-hydrogen) atoms. The van der Waals surface area contributed by atoms with Gasteiger partial charge in [-0.15, -0.1) is 0 Å². The van der Waals surface area contributed by atoms with E-state index in [0.29, 0.717) is 39.1 Å². The predicted octanol–water partition coefficient (Wildman–Crippen LogP) is 1.52. The van der Waals surface area contributed by atoms with Gasteiger partial charge in [-0.05, 0) is 32.1 Å². The summed E-state index contributed by atoms with van der Waals surface area (Å²) >= 11 is 0. The van der Waals surface area contributed by atoms with Crippen LogP contribution in [0.25, 0.3) is 0 Å². The Labute approximate surface area is 113 Å². The van der Waals surface area contributed by atoms with Gasteiger partial charge in [-0.25, -0.2) is 0 Å². The van der Waals surface area contributed by atoms with E-state index in [1.165, 1.54) is 0 Å². The van der Waals surface area contributed by atoms with Gasteiger partial charge < -0.3 is 14.7 Å². The molecular weight excluding hydrogens is 246 g/mol. The second-order valence-electron chi connectivity index (χ2n) is 5.63. The van der Waals surface area contributed by atoms with E-state index in [0.717, 1.165) is 19.3 Å². The van der Waals surface area contributed by atoms with Gasteiger partial charge >= 0.3 is 5.97 Å². The van der Waals surface area contributed by atoms with Crippen molar-refractivity contribution in [2.75, 3.05) is 26.3 Å². The third-order valence-electron chi connectivity index (χ3n) is 4.53. The maximum atomic E-state index is 12.1. The fourth-order valence-electron chi connectivity index (χ4n) is 3.46. The van der Waals surface area contributed by atoms with Crippen molar-refractivity contribution in [1.82, 2.24) is 4.90 Å². The maximum absolute atomic E-state index is 12.1. The molecule has 2 fully saturated rings. The quantitative estimate of drug-likeness (QED) is 0.742. The maximum Gasteiger partial charge on any atom is 0.311 e. The Kier molecular flexibility index (Phi) is 4.45. The van der Waals surface area contributed by atoms with E-state index in [2.05, 4.69) is 0 Å². The molecule has 0 bridgehead atoms. The number of likely N-dealkylation sites (tertiary alicyclic amines) is 1. The first-order valence-electron chi connectivity index (χ1n) is 7.19. The lowest BCUT2D eigenvalue weighted by Gasteiger charge is -2.23. The highest BCUT2D eigenvalue weighted by Gasteiger charge is 2.55. The number of hydrogen-bond donors (Lipinski definition) is 1. The third kappa shape index (κ3) is 2.76. The molecule has 0 spiro atoms. The molecule has 2 atom stereocenters. The van der Waals surface area contributed by atoms with Crippen molar-refractivity contribution in [2.45, 2.75) is 39.0 Å². The van der Waals surface area contributed by atoms with E-state index in [1.54, 1.807) is 4.90 Å². The van der Waals surface area contributed by atoms with Gasteiger partial charge in [-0.2, -0.15) is 0 Å². The summed E-state index contributed by atoms with van der Waals surface area (Å²) < 4.78 is 5.21. The summed E-state index contributed by atoms with van der Waals surface area (Å²) in [5.41, 5.74) is -0.657. The van der Waals surface area contributed by atoms with Crippen LogP contribution in [-0.4, -0.2) is 48.2 Å². The van der Waals surface area contributed by atoms with Crippen LogP contribution in [0.3, 0.4) is 0 Å². The molecule has 0 aromatic carbocycles. The van der Waals surface area contributed by atoms with E-state index in [4.69, 9.17) is 4.74 Å². The van der Waals surface area contributed by atoms with E-state index in [1.807, 2.05) is 6.92 Å². The highest BCUT2D eigenvalue weighted by molar-refractivity contribution is 5.81. The topological polar surface area (TPSA) is 66.8 Å². The molecule has 1 amide bonds. The summed E-state index contributed by atoms with van der Waals surface area (Å²) in [4.78, 5) is 25.4. The average molecular weight is 269 g/mol. The Bertz CT molecular complexity index is 357. The Morgan fingerprint density at radius 3 is 2.89 bits per heavy atom. The van der Waals surface area contributed by atoms with Crippen molar-refractivity contribution in [1.29, 1.82) is 0 Å². The van der Waals surface area contributed by atoms with E-state index >= 15 is 0 Å². The predicted molar refractivity (Wildman–Crippen MR) is 69.7 cm³/mol. The number of rotatable bonds is 6. The van der Waals surface area contributed by atoms with Gasteiger partial charge in [-0.3, -0.25) is 9.59 Å². The molecule has 1 saturated carbocycles. The molecular formula is C14H23NO4. The Morgan fingerprint density at radius 2 is 2.26 bits per heavy atom. The first-order valence-corrected chi connectivity index (χ1v) is 7.19. The van der Waals surface area contributed by atoms with Crippen molar-refractivity contribution in [3.63, 3.8) is 0 Å². The van der Waals surface area contributed by atoms with Gasteiger partial charge in [0.1, 0.15) is 0 Å². The minimum Gasteiger partial charge on any atom is -0.481 e. The minimum atomic E-state index is -0.723. The standard InChI is InChI=1S/C14H23NO4/c1-2-19-8-4-6-12(16)15-9-11-5-3-7-14(11,10-15)13(17)18/h11H,2-10H2,1H3,(H,17,18)/t11-,14+/m0/s1. The van der Waals surface area contributed by atoms with Crippen molar-refractivity contribution in [3.8, 4) is 0 Å². The van der Waals surface area contributed by atoms with Gasteiger partial charge in [0.2, 0.25) is 5.91 Å². The smallest absolute Gasteiger partial charge is 0.311 e. The second kappa shape index (κ2) is 5.90. The molecule has 1 saturated heterocycles. The zero-order chi connectivity index (χ0) is 13.9. The van der Waals surface area contributed by atoms with Crippen LogP contribution >= 0.6 is 0 Å². The summed E-state index contributed by atoms with van der Waals surface area (Å²) in [6.45, 7) is 4.23. The van der Waals surface area contributed by atoms with Gasteiger partial charge in [-0.1, -0.05) is 6.42 Å². The molecule has 1 N–H and O–H groups in total. The van der Waals surface area contributed by atoms with Crippen LogP contribution in [0.5, 0.6) is 0 Å². The van der Waals surface area contributed by atoms with Gasteiger partial charge in [0.05, 0.1) is 5.41 Å². The van der Waals surface area contributed by atoms with Crippen LogP contribution in [0.4, 0.5) is 0 Å². The minimum absolute atomic E-state index is 0.0785. The van der Waals surface area contributed by atoms with Crippen LogP contribution in [0.15, 0.2) is 0 Å². The third-order valence-corrected chi connectivity index (χ3v) is 4.53. The number of carbonyl (C=O) groups is 2. The number of hydrogen-bond acceptors (Lipinski definition) is 3. The van der Waals surface area contributed by atoms with E-state index in [9.17, 15) is 14.7 Å². The van der Waals surface area contributed by atoms with Crippen molar-refractivity contribution >= 4 is 11.9 Å². The molecule has 1 heterocycles.